The summed E-state index contributed by atoms with van der Waals surface area (Å²) in [4.78, 5) is 4.85. The first kappa shape index (κ1) is 14.5. The van der Waals surface area contributed by atoms with E-state index in [0.717, 1.165) is 67.4 Å². The second-order valence-electron chi connectivity index (χ2n) is 6.05. The topological polar surface area (TPSA) is 62.8 Å². The van der Waals surface area contributed by atoms with Crippen LogP contribution in [-0.4, -0.2) is 73.1 Å². The van der Waals surface area contributed by atoms with Gasteiger partial charge in [0.25, 0.3) is 0 Å². The van der Waals surface area contributed by atoms with E-state index in [1.807, 2.05) is 12.1 Å². The molecule has 7 heteroatoms. The third-order valence-electron chi connectivity index (χ3n) is 4.47. The molecule has 1 N–H and O–H groups in total. The summed E-state index contributed by atoms with van der Waals surface area (Å²) < 4.78 is 10.9. The van der Waals surface area contributed by atoms with Crippen LogP contribution >= 0.6 is 0 Å². The molecule has 2 aliphatic heterocycles. The van der Waals surface area contributed by atoms with Crippen molar-refractivity contribution in [3.05, 3.63) is 18.3 Å². The van der Waals surface area contributed by atoms with Crippen LogP contribution in [0.4, 0.5) is 5.69 Å². The van der Waals surface area contributed by atoms with Gasteiger partial charge in [0.05, 0.1) is 17.4 Å². The fourth-order valence-corrected chi connectivity index (χ4v) is 3.01. The van der Waals surface area contributed by atoms with Gasteiger partial charge in [-0.25, -0.2) is 0 Å². The van der Waals surface area contributed by atoms with Gasteiger partial charge in [0, 0.05) is 50.7 Å². The van der Waals surface area contributed by atoms with E-state index >= 15 is 0 Å². The standard InChI is InChI=1S/C16H21N5O2/c1-20-4-6-21(7-5-20)3-2-17-14-10-18-19-13-9-16-15(8-12(13)14)22-11-23-16/h8-10H,2-7,11H2,1H3,(H,17,19). The van der Waals surface area contributed by atoms with Crippen molar-refractivity contribution in [1.29, 1.82) is 0 Å². The highest BCUT2D eigenvalue weighted by molar-refractivity contribution is 5.92. The lowest BCUT2D eigenvalue weighted by Gasteiger charge is -2.32. The second kappa shape index (κ2) is 6.17. The zero-order valence-electron chi connectivity index (χ0n) is 13.3. The lowest BCUT2D eigenvalue weighted by Crippen LogP contribution is -2.45. The van der Waals surface area contributed by atoms with Crippen LogP contribution in [0.5, 0.6) is 11.5 Å². The quantitative estimate of drug-likeness (QED) is 0.903. The van der Waals surface area contributed by atoms with Gasteiger partial charge in [0.15, 0.2) is 11.5 Å². The highest BCUT2D eigenvalue weighted by Crippen LogP contribution is 2.37. The third-order valence-corrected chi connectivity index (χ3v) is 4.47. The minimum absolute atomic E-state index is 0.269. The maximum Gasteiger partial charge on any atom is 0.231 e. The number of benzene rings is 1. The molecular formula is C16H21N5O2. The molecule has 7 nitrogen and oxygen atoms in total. The molecule has 1 aromatic heterocycles. The summed E-state index contributed by atoms with van der Waals surface area (Å²) in [5.41, 5.74) is 1.81. The molecule has 0 aliphatic carbocycles. The summed E-state index contributed by atoms with van der Waals surface area (Å²) in [6, 6.07) is 3.86. The van der Waals surface area contributed by atoms with Gasteiger partial charge in [-0.3, -0.25) is 4.90 Å². The van der Waals surface area contributed by atoms with Crippen molar-refractivity contribution in [2.24, 2.45) is 0 Å². The average Bonchev–Trinajstić information content (AvgIpc) is 3.02. The molecule has 0 bridgehead atoms. The summed E-state index contributed by atoms with van der Waals surface area (Å²) >= 11 is 0. The van der Waals surface area contributed by atoms with E-state index in [4.69, 9.17) is 9.47 Å². The van der Waals surface area contributed by atoms with Crippen molar-refractivity contribution in [3.63, 3.8) is 0 Å². The summed E-state index contributed by atoms with van der Waals surface area (Å²) in [5.74, 6) is 1.51. The highest BCUT2D eigenvalue weighted by Gasteiger charge is 2.17. The van der Waals surface area contributed by atoms with Gasteiger partial charge in [-0.2, -0.15) is 10.2 Å². The monoisotopic (exact) mass is 315 g/mol. The fourth-order valence-electron chi connectivity index (χ4n) is 3.01. The Hall–Kier alpha value is -2.12. The van der Waals surface area contributed by atoms with Crippen molar-refractivity contribution in [2.45, 2.75) is 0 Å². The summed E-state index contributed by atoms with van der Waals surface area (Å²) in [6.45, 7) is 6.73. The Labute approximate surface area is 135 Å². The van der Waals surface area contributed by atoms with E-state index in [-0.39, 0.29) is 6.79 Å². The predicted molar refractivity (Wildman–Crippen MR) is 88.1 cm³/mol. The van der Waals surface area contributed by atoms with Gasteiger partial charge in [-0.05, 0) is 13.1 Å². The number of fused-ring (bicyclic) bond motifs is 2. The Morgan fingerprint density at radius 3 is 2.74 bits per heavy atom. The number of anilines is 1. The van der Waals surface area contributed by atoms with Gasteiger partial charge in [0.2, 0.25) is 6.79 Å². The number of likely N-dealkylation sites (N-methyl/N-ethyl adjacent to an activating group) is 1. The lowest BCUT2D eigenvalue weighted by atomic mass is 10.2. The van der Waals surface area contributed by atoms with Crippen molar-refractivity contribution in [1.82, 2.24) is 20.0 Å². The summed E-state index contributed by atoms with van der Waals surface area (Å²) in [6.07, 6.45) is 1.77. The second-order valence-corrected chi connectivity index (χ2v) is 6.05. The fraction of sp³-hybridized carbons (Fsp3) is 0.500. The van der Waals surface area contributed by atoms with Crippen LogP contribution in [0.1, 0.15) is 0 Å². The molecule has 0 amide bonds. The van der Waals surface area contributed by atoms with Crippen molar-refractivity contribution >= 4 is 16.6 Å². The molecule has 0 atom stereocenters. The summed E-state index contributed by atoms with van der Waals surface area (Å²) in [7, 11) is 2.18. The van der Waals surface area contributed by atoms with Crippen LogP contribution in [0.15, 0.2) is 18.3 Å². The molecule has 0 radical (unpaired) electrons. The zero-order valence-corrected chi connectivity index (χ0v) is 13.3. The van der Waals surface area contributed by atoms with Crippen LogP contribution in [0.2, 0.25) is 0 Å². The van der Waals surface area contributed by atoms with E-state index in [9.17, 15) is 0 Å². The lowest BCUT2D eigenvalue weighted by molar-refractivity contribution is 0.158. The predicted octanol–water partition coefficient (Wildman–Crippen LogP) is 1.02. The molecule has 0 saturated carbocycles. The maximum absolute atomic E-state index is 5.46. The largest absolute Gasteiger partial charge is 0.454 e. The number of hydrogen-bond donors (Lipinski definition) is 1. The number of ether oxygens (including phenoxy) is 2. The van der Waals surface area contributed by atoms with Crippen molar-refractivity contribution in [2.75, 3.05) is 58.4 Å². The first-order chi connectivity index (χ1) is 11.3. The first-order valence-corrected chi connectivity index (χ1v) is 7.99. The Kier molecular flexibility index (Phi) is 3.88. The highest BCUT2D eigenvalue weighted by atomic mass is 16.7. The van der Waals surface area contributed by atoms with Gasteiger partial charge >= 0.3 is 0 Å². The van der Waals surface area contributed by atoms with Gasteiger partial charge < -0.3 is 19.7 Å². The van der Waals surface area contributed by atoms with Crippen molar-refractivity contribution < 1.29 is 9.47 Å². The number of nitrogens with one attached hydrogen (secondary N) is 1. The minimum atomic E-state index is 0.269. The minimum Gasteiger partial charge on any atom is -0.454 e. The van der Waals surface area contributed by atoms with Crippen LogP contribution in [0.25, 0.3) is 10.9 Å². The Bertz CT molecular complexity index is 700. The number of nitrogens with zero attached hydrogens (tertiary/aromatic N) is 4. The number of hydrogen-bond acceptors (Lipinski definition) is 7. The number of aromatic nitrogens is 2. The van der Waals surface area contributed by atoms with E-state index in [1.165, 1.54) is 0 Å². The molecule has 1 fully saturated rings. The van der Waals surface area contributed by atoms with E-state index < -0.39 is 0 Å². The average molecular weight is 315 g/mol. The van der Waals surface area contributed by atoms with Crippen LogP contribution in [0.3, 0.4) is 0 Å². The molecule has 4 rings (SSSR count). The Morgan fingerprint density at radius 2 is 1.91 bits per heavy atom. The Balaban J connectivity index is 1.44. The molecule has 23 heavy (non-hydrogen) atoms. The summed E-state index contributed by atoms with van der Waals surface area (Å²) in [5, 5.41) is 12.8. The molecule has 122 valence electrons. The molecule has 1 aromatic carbocycles. The molecule has 3 heterocycles. The van der Waals surface area contributed by atoms with Crippen LogP contribution < -0.4 is 14.8 Å². The Morgan fingerprint density at radius 1 is 1.13 bits per heavy atom. The van der Waals surface area contributed by atoms with Crippen LogP contribution in [0, 0.1) is 0 Å². The third kappa shape index (κ3) is 3.02. The van der Waals surface area contributed by atoms with Gasteiger partial charge in [0.1, 0.15) is 0 Å². The number of rotatable bonds is 4. The number of piperazine rings is 1. The molecule has 1 saturated heterocycles. The van der Waals surface area contributed by atoms with Crippen LogP contribution in [-0.2, 0) is 0 Å². The normalized spacial score (nSPS) is 18.5. The maximum atomic E-state index is 5.46. The molecule has 0 unspecified atom stereocenters. The van der Waals surface area contributed by atoms with Gasteiger partial charge in [-0.1, -0.05) is 0 Å². The van der Waals surface area contributed by atoms with Crippen molar-refractivity contribution in [3.8, 4) is 11.5 Å². The molecule has 0 spiro atoms. The SMILES string of the molecule is CN1CCN(CCNc2cnnc3cc4c(cc23)OCO4)CC1. The van der Waals surface area contributed by atoms with E-state index in [0.29, 0.717) is 0 Å². The molecular weight excluding hydrogens is 294 g/mol. The first-order valence-electron chi connectivity index (χ1n) is 7.99. The van der Waals surface area contributed by atoms with Gasteiger partial charge in [-0.15, -0.1) is 0 Å². The van der Waals surface area contributed by atoms with E-state index in [1.54, 1.807) is 6.20 Å². The molecule has 2 aliphatic rings. The van der Waals surface area contributed by atoms with E-state index in [2.05, 4.69) is 32.4 Å². The zero-order chi connectivity index (χ0) is 15.6. The molecule has 2 aromatic rings. The smallest absolute Gasteiger partial charge is 0.231 e.